The van der Waals surface area contributed by atoms with E-state index in [0.717, 1.165) is 34.1 Å². The number of nitrogens with zero attached hydrogens (tertiary/aromatic N) is 2. The number of anilines is 6. The minimum absolute atomic E-state index is 0.157. The average molecular weight is 997 g/mol. The van der Waals surface area contributed by atoms with Gasteiger partial charge in [0, 0.05) is 45.0 Å². The molecule has 0 saturated carbocycles. The van der Waals surface area contributed by atoms with Gasteiger partial charge in [-0.1, -0.05) is 173 Å². The maximum absolute atomic E-state index is 2.54. The molecule has 0 aliphatic heterocycles. The first-order chi connectivity index (χ1) is 38.2. The van der Waals surface area contributed by atoms with Crippen LogP contribution in [0, 0.1) is 0 Å². The van der Waals surface area contributed by atoms with Crippen molar-refractivity contribution in [2.45, 2.75) is 38.5 Å². The van der Waals surface area contributed by atoms with Gasteiger partial charge >= 0.3 is 0 Å². The molecule has 0 radical (unpaired) electrons. The fourth-order valence-corrected chi connectivity index (χ4v) is 13.5. The Balaban J connectivity index is 0.968. The zero-order chi connectivity index (χ0) is 52.3. The third-order valence-corrected chi connectivity index (χ3v) is 17.4. The van der Waals surface area contributed by atoms with Gasteiger partial charge < -0.3 is 9.80 Å². The monoisotopic (exact) mass is 996 g/mol. The molecule has 15 rings (SSSR count). The van der Waals surface area contributed by atoms with E-state index in [4.69, 9.17) is 0 Å². The molecule has 13 aromatic rings. The van der Waals surface area contributed by atoms with Crippen LogP contribution in [0.2, 0.25) is 0 Å². The van der Waals surface area contributed by atoms with Gasteiger partial charge in [0.2, 0.25) is 0 Å². The van der Waals surface area contributed by atoms with E-state index in [9.17, 15) is 0 Å². The van der Waals surface area contributed by atoms with E-state index in [0.29, 0.717) is 0 Å². The molecule has 0 spiro atoms. The predicted molar refractivity (Wildman–Crippen MR) is 332 cm³/mol. The highest BCUT2D eigenvalue weighted by Crippen LogP contribution is 2.54. The van der Waals surface area contributed by atoms with Crippen molar-refractivity contribution in [1.29, 1.82) is 0 Å². The summed E-state index contributed by atoms with van der Waals surface area (Å²) in [5.41, 5.74) is 22.1. The Morgan fingerprint density at radius 1 is 0.218 bits per heavy atom. The van der Waals surface area contributed by atoms with Crippen LogP contribution in [0.15, 0.2) is 267 Å². The summed E-state index contributed by atoms with van der Waals surface area (Å²) in [4.78, 5) is 4.68. The van der Waals surface area contributed by atoms with Crippen molar-refractivity contribution in [2.24, 2.45) is 0 Å². The second-order valence-electron chi connectivity index (χ2n) is 22.5. The second kappa shape index (κ2) is 17.5. The molecule has 2 heteroatoms. The van der Waals surface area contributed by atoms with Crippen LogP contribution in [-0.4, -0.2) is 0 Å². The fraction of sp³-hybridized carbons (Fsp3) is 0.0789. The van der Waals surface area contributed by atoms with E-state index in [-0.39, 0.29) is 10.8 Å². The molecule has 2 nitrogen and oxygen atoms in total. The van der Waals surface area contributed by atoms with E-state index < -0.39 is 0 Å². The number of rotatable bonds is 8. The highest BCUT2D eigenvalue weighted by Gasteiger charge is 2.37. The van der Waals surface area contributed by atoms with Crippen molar-refractivity contribution < 1.29 is 0 Å². The average Bonchev–Trinajstić information content (AvgIpc) is 3.57. The Bertz CT molecular complexity index is 4130. The van der Waals surface area contributed by atoms with Crippen LogP contribution < -0.4 is 9.80 Å². The molecule has 13 aromatic carbocycles. The van der Waals surface area contributed by atoms with Gasteiger partial charge in [0.1, 0.15) is 0 Å². The van der Waals surface area contributed by atoms with E-state index in [1.807, 2.05) is 0 Å². The van der Waals surface area contributed by atoms with Gasteiger partial charge in [0.25, 0.3) is 0 Å². The molecular weight excluding hydrogens is 941 g/mol. The summed E-state index contributed by atoms with van der Waals surface area (Å²) in [6.07, 6.45) is 0. The number of fused-ring (bicyclic) bond motifs is 12. The Kier molecular flexibility index (Phi) is 10.3. The standard InChI is InChI=1S/C76H56N2/c1-75(2)71-31-19-17-29-59(71)69-45-65-61(49-33-37-57(38-34-49)77(53-21-9-5-10-22-53)54-23-11-6-12-24-54)41-51-44-64-52(43-63(51)67(65)47-73(69)75)42-62(66-46-70-60-30-18-20-32-72(60)76(3,4)74(70)48-68(64)66)50-35-39-58(40-36-50)78(55-25-13-7-14-26-55)56-27-15-8-16-28-56/h5-48H,1-4H3. The molecule has 78 heavy (non-hydrogen) atoms. The highest BCUT2D eigenvalue weighted by molar-refractivity contribution is 6.23. The fourth-order valence-electron chi connectivity index (χ4n) is 13.5. The lowest BCUT2D eigenvalue weighted by Crippen LogP contribution is -2.14. The molecule has 0 heterocycles. The number of hydrogen-bond donors (Lipinski definition) is 0. The summed E-state index contributed by atoms with van der Waals surface area (Å²) < 4.78 is 0. The van der Waals surface area contributed by atoms with Crippen molar-refractivity contribution >= 4 is 77.2 Å². The summed E-state index contributed by atoms with van der Waals surface area (Å²) in [5.74, 6) is 0. The Labute approximate surface area is 456 Å². The van der Waals surface area contributed by atoms with Crippen LogP contribution in [0.25, 0.3) is 87.6 Å². The molecule has 0 N–H and O–H groups in total. The Morgan fingerprint density at radius 3 is 0.872 bits per heavy atom. The maximum atomic E-state index is 2.54. The van der Waals surface area contributed by atoms with Crippen LogP contribution in [0.3, 0.4) is 0 Å². The molecular formula is C76H56N2. The lowest BCUT2D eigenvalue weighted by Gasteiger charge is -2.26. The summed E-state index contributed by atoms with van der Waals surface area (Å²) in [6.45, 7) is 9.59. The Morgan fingerprint density at radius 2 is 0.526 bits per heavy atom. The van der Waals surface area contributed by atoms with Gasteiger partial charge in [-0.2, -0.15) is 0 Å². The minimum Gasteiger partial charge on any atom is -0.311 e. The maximum Gasteiger partial charge on any atom is 0.0462 e. The number of hydrogen-bond acceptors (Lipinski definition) is 2. The second-order valence-corrected chi connectivity index (χ2v) is 22.5. The minimum atomic E-state index is -0.157. The molecule has 0 amide bonds. The van der Waals surface area contributed by atoms with Gasteiger partial charge in [0.15, 0.2) is 0 Å². The molecule has 2 aliphatic carbocycles. The number of para-hydroxylation sites is 4. The largest absolute Gasteiger partial charge is 0.311 e. The third kappa shape index (κ3) is 7.10. The molecule has 0 unspecified atom stereocenters. The van der Waals surface area contributed by atoms with E-state index in [2.05, 4.69) is 304 Å². The van der Waals surface area contributed by atoms with E-state index in [1.165, 1.54) is 110 Å². The van der Waals surface area contributed by atoms with Crippen molar-refractivity contribution in [3.63, 3.8) is 0 Å². The summed E-state index contributed by atoms with van der Waals surface area (Å²) in [6, 6.07) is 99.4. The first kappa shape index (κ1) is 45.9. The molecule has 0 bridgehead atoms. The molecule has 370 valence electrons. The SMILES string of the molecule is CC1(C)c2ccccc2-c2cc3c(-c4ccc(N(c5ccccc5)c5ccccc5)cc4)cc4cc5c(cc(-c6ccc(N(c7ccccc7)c7ccccc7)cc6)c6cc7c(cc65)C(C)(C)c5ccccc5-7)cc4c3cc21. The zero-order valence-electron chi connectivity index (χ0n) is 44.3. The molecule has 0 fully saturated rings. The summed E-state index contributed by atoms with van der Waals surface area (Å²) in [5, 5.41) is 10.1. The third-order valence-electron chi connectivity index (χ3n) is 17.4. The highest BCUT2D eigenvalue weighted by atomic mass is 15.1. The Hall–Kier alpha value is -9.50. The van der Waals surface area contributed by atoms with Gasteiger partial charge in [-0.25, -0.2) is 0 Å². The van der Waals surface area contributed by atoms with Crippen molar-refractivity contribution in [2.75, 3.05) is 9.80 Å². The smallest absolute Gasteiger partial charge is 0.0462 e. The quantitative estimate of drug-likeness (QED) is 0.111. The normalized spacial score (nSPS) is 13.6. The molecule has 0 aromatic heterocycles. The van der Waals surface area contributed by atoms with Crippen LogP contribution in [0.4, 0.5) is 34.1 Å². The topological polar surface area (TPSA) is 6.48 Å². The van der Waals surface area contributed by atoms with Crippen molar-refractivity contribution in [3.05, 3.63) is 289 Å². The van der Waals surface area contributed by atoms with E-state index in [1.54, 1.807) is 0 Å². The van der Waals surface area contributed by atoms with E-state index >= 15 is 0 Å². The predicted octanol–water partition coefficient (Wildman–Crippen LogP) is 21.2. The van der Waals surface area contributed by atoms with Crippen LogP contribution in [0.1, 0.15) is 49.9 Å². The van der Waals surface area contributed by atoms with Crippen molar-refractivity contribution in [1.82, 2.24) is 0 Å². The van der Waals surface area contributed by atoms with Gasteiger partial charge in [-0.3, -0.25) is 0 Å². The van der Waals surface area contributed by atoms with Crippen LogP contribution in [-0.2, 0) is 10.8 Å². The lowest BCUT2D eigenvalue weighted by molar-refractivity contribution is 0.661. The first-order valence-electron chi connectivity index (χ1n) is 27.4. The van der Waals surface area contributed by atoms with Crippen molar-refractivity contribution in [3.8, 4) is 44.5 Å². The number of benzene rings is 13. The van der Waals surface area contributed by atoms with Crippen LogP contribution >= 0.6 is 0 Å². The first-order valence-corrected chi connectivity index (χ1v) is 27.4. The molecule has 2 aliphatic rings. The van der Waals surface area contributed by atoms with Gasteiger partial charge in [0.05, 0.1) is 0 Å². The van der Waals surface area contributed by atoms with Gasteiger partial charge in [-0.15, -0.1) is 0 Å². The molecule has 0 saturated heterocycles. The summed E-state index contributed by atoms with van der Waals surface area (Å²) >= 11 is 0. The zero-order valence-corrected chi connectivity index (χ0v) is 44.3. The van der Waals surface area contributed by atoms with Crippen LogP contribution in [0.5, 0.6) is 0 Å². The molecule has 0 atom stereocenters. The van der Waals surface area contributed by atoms with Gasteiger partial charge in [-0.05, 0) is 231 Å². The lowest BCUT2D eigenvalue weighted by atomic mass is 9.80. The summed E-state index contributed by atoms with van der Waals surface area (Å²) in [7, 11) is 0.